The summed E-state index contributed by atoms with van der Waals surface area (Å²) in [5, 5.41) is 0. The van der Waals surface area contributed by atoms with E-state index in [1.54, 1.807) is 6.08 Å². The molecular weight excluding hydrogens is 228 g/mol. The topological polar surface area (TPSA) is 0 Å². The summed E-state index contributed by atoms with van der Waals surface area (Å²) in [6.45, 7) is 5.25. The molecule has 0 nitrogen and oxygen atoms in total. The molecule has 0 saturated carbocycles. The number of fused-ring (bicyclic) bond motifs is 3. The van der Waals surface area contributed by atoms with Gasteiger partial charge < -0.3 is 0 Å². The molecule has 3 rings (SSSR count). The lowest BCUT2D eigenvalue weighted by molar-refractivity contribution is 1.26. The van der Waals surface area contributed by atoms with Crippen molar-refractivity contribution in [2.75, 3.05) is 0 Å². The quantitative estimate of drug-likeness (QED) is 0.495. The second-order valence-corrected chi connectivity index (χ2v) is 3.90. The molecular formula is C16H17Cl. The van der Waals surface area contributed by atoms with Gasteiger partial charge in [-0.3, -0.25) is 0 Å². The Morgan fingerprint density at radius 2 is 1.24 bits per heavy atom. The largest absolute Gasteiger partial charge is 0.147 e. The van der Waals surface area contributed by atoms with Crippen LogP contribution in [0.1, 0.15) is 18.1 Å². The van der Waals surface area contributed by atoms with E-state index in [-0.39, 0.29) is 12.4 Å². The normalized spacial score (nSPS) is 10.2. The monoisotopic (exact) mass is 244 g/mol. The van der Waals surface area contributed by atoms with Crippen molar-refractivity contribution in [1.29, 1.82) is 0 Å². The summed E-state index contributed by atoms with van der Waals surface area (Å²) in [6.07, 6.45) is 2.85. The van der Waals surface area contributed by atoms with Gasteiger partial charge in [0.1, 0.15) is 0 Å². The third-order valence-electron chi connectivity index (χ3n) is 2.71. The third-order valence-corrected chi connectivity index (χ3v) is 2.71. The summed E-state index contributed by atoms with van der Waals surface area (Å²) in [6, 6.07) is 17.3. The Balaban J connectivity index is 0.000000331. The van der Waals surface area contributed by atoms with Gasteiger partial charge in [0.25, 0.3) is 0 Å². The van der Waals surface area contributed by atoms with E-state index in [0.29, 0.717) is 0 Å². The Hall–Kier alpha value is -1.53. The zero-order valence-corrected chi connectivity index (χ0v) is 10.8. The first kappa shape index (κ1) is 13.5. The first-order valence-electron chi connectivity index (χ1n) is 5.60. The van der Waals surface area contributed by atoms with Crippen LogP contribution in [-0.4, -0.2) is 0 Å². The van der Waals surface area contributed by atoms with Gasteiger partial charge in [-0.15, -0.1) is 19.0 Å². The van der Waals surface area contributed by atoms with Gasteiger partial charge in [-0.25, -0.2) is 0 Å². The number of benzene rings is 2. The molecule has 1 heteroatoms. The highest BCUT2D eigenvalue weighted by Crippen LogP contribution is 2.35. The second-order valence-electron chi connectivity index (χ2n) is 3.90. The van der Waals surface area contributed by atoms with Gasteiger partial charge in [0.05, 0.1) is 0 Å². The summed E-state index contributed by atoms with van der Waals surface area (Å²) in [7, 11) is 0. The lowest BCUT2D eigenvalue weighted by Gasteiger charge is -1.98. The lowest BCUT2D eigenvalue weighted by atomic mass is 10.1. The van der Waals surface area contributed by atoms with E-state index >= 15 is 0 Å². The number of hydrogen-bond donors (Lipinski definition) is 0. The van der Waals surface area contributed by atoms with Gasteiger partial charge in [0, 0.05) is 0 Å². The first-order valence-corrected chi connectivity index (χ1v) is 5.60. The van der Waals surface area contributed by atoms with Gasteiger partial charge in [0.15, 0.2) is 0 Å². The predicted octanol–water partition coefficient (Wildman–Crippen LogP) is 4.87. The summed E-state index contributed by atoms with van der Waals surface area (Å²) in [5.41, 5.74) is 5.75. The first-order chi connectivity index (χ1) is 7.86. The molecule has 0 atom stereocenters. The Labute approximate surface area is 109 Å². The van der Waals surface area contributed by atoms with Crippen LogP contribution in [0.3, 0.4) is 0 Å². The summed E-state index contributed by atoms with van der Waals surface area (Å²) < 4.78 is 0. The molecule has 0 radical (unpaired) electrons. The van der Waals surface area contributed by atoms with E-state index in [0.717, 1.165) is 6.42 Å². The van der Waals surface area contributed by atoms with Crippen molar-refractivity contribution >= 4 is 12.4 Å². The minimum Gasteiger partial charge on any atom is -0.147 e. The minimum atomic E-state index is 0. The molecule has 2 aromatic carbocycles. The van der Waals surface area contributed by atoms with Crippen LogP contribution in [0.5, 0.6) is 0 Å². The van der Waals surface area contributed by atoms with E-state index < -0.39 is 0 Å². The second kappa shape index (κ2) is 6.27. The predicted molar refractivity (Wildman–Crippen MR) is 77.8 cm³/mol. The molecule has 0 amide bonds. The third kappa shape index (κ3) is 2.78. The zero-order chi connectivity index (χ0) is 11.4. The van der Waals surface area contributed by atoms with Crippen molar-refractivity contribution in [2.24, 2.45) is 0 Å². The molecule has 0 fully saturated rings. The molecule has 0 bridgehead atoms. The number of halogens is 1. The summed E-state index contributed by atoms with van der Waals surface area (Å²) >= 11 is 0. The van der Waals surface area contributed by atoms with Crippen LogP contribution in [-0.2, 0) is 6.42 Å². The minimum absolute atomic E-state index is 0. The molecule has 2 aromatic rings. The molecule has 1 aliphatic rings. The highest BCUT2D eigenvalue weighted by atomic mass is 35.5. The lowest BCUT2D eigenvalue weighted by Crippen LogP contribution is -1.77. The fraction of sp³-hybridized carbons (Fsp3) is 0.125. The van der Waals surface area contributed by atoms with E-state index in [1.165, 1.54) is 22.3 Å². The van der Waals surface area contributed by atoms with E-state index in [2.05, 4.69) is 55.1 Å². The van der Waals surface area contributed by atoms with Gasteiger partial charge in [-0.2, -0.15) is 0 Å². The maximum atomic E-state index is 3.36. The molecule has 0 N–H and O–H groups in total. The van der Waals surface area contributed by atoms with Crippen molar-refractivity contribution in [3.63, 3.8) is 0 Å². The molecule has 0 aliphatic heterocycles. The van der Waals surface area contributed by atoms with Gasteiger partial charge in [-0.1, -0.05) is 54.6 Å². The number of hydrogen-bond acceptors (Lipinski definition) is 0. The van der Waals surface area contributed by atoms with Crippen LogP contribution in [0.4, 0.5) is 0 Å². The van der Waals surface area contributed by atoms with Crippen LogP contribution in [0.2, 0.25) is 0 Å². The fourth-order valence-corrected chi connectivity index (χ4v) is 2.08. The SMILES string of the molecule is C=CC.Cl.c1ccc2c(c1)Cc1ccccc1-2. The van der Waals surface area contributed by atoms with Crippen LogP contribution < -0.4 is 0 Å². The average Bonchev–Trinajstić information content (AvgIpc) is 2.68. The Bertz CT molecular complexity index is 457. The smallest absolute Gasteiger partial charge is 0.00135 e. The van der Waals surface area contributed by atoms with Crippen LogP contribution in [0, 0.1) is 0 Å². The summed E-state index contributed by atoms with van der Waals surface area (Å²) in [4.78, 5) is 0. The van der Waals surface area contributed by atoms with Crippen molar-refractivity contribution in [3.05, 3.63) is 72.3 Å². The van der Waals surface area contributed by atoms with Crippen molar-refractivity contribution in [1.82, 2.24) is 0 Å². The van der Waals surface area contributed by atoms with E-state index in [1.807, 2.05) is 6.92 Å². The van der Waals surface area contributed by atoms with Gasteiger partial charge in [-0.05, 0) is 35.6 Å². The van der Waals surface area contributed by atoms with Crippen molar-refractivity contribution < 1.29 is 0 Å². The van der Waals surface area contributed by atoms with Gasteiger partial charge >= 0.3 is 0 Å². The Morgan fingerprint density at radius 3 is 1.65 bits per heavy atom. The van der Waals surface area contributed by atoms with E-state index in [9.17, 15) is 0 Å². The standard InChI is InChI=1S/C13H10.C3H6.ClH/c1-3-7-12-10(5-1)9-11-6-2-4-8-13(11)12;1-3-2;/h1-8H,9H2;3H,1H2,2H3;1H. The molecule has 1 aliphatic carbocycles. The Kier molecular flexibility index (Phi) is 4.99. The number of rotatable bonds is 0. The highest BCUT2D eigenvalue weighted by molar-refractivity contribution is 5.85. The Morgan fingerprint density at radius 1 is 0.882 bits per heavy atom. The average molecular weight is 245 g/mol. The molecule has 88 valence electrons. The molecule has 0 heterocycles. The molecule has 0 aromatic heterocycles. The maximum Gasteiger partial charge on any atom is -0.00135 e. The number of allylic oxidation sites excluding steroid dienone is 1. The molecule has 17 heavy (non-hydrogen) atoms. The zero-order valence-electron chi connectivity index (χ0n) is 10.0. The van der Waals surface area contributed by atoms with Crippen LogP contribution >= 0.6 is 12.4 Å². The highest BCUT2D eigenvalue weighted by Gasteiger charge is 2.15. The van der Waals surface area contributed by atoms with Crippen LogP contribution in [0.15, 0.2) is 61.2 Å². The van der Waals surface area contributed by atoms with Crippen molar-refractivity contribution in [3.8, 4) is 11.1 Å². The molecule has 0 saturated heterocycles. The van der Waals surface area contributed by atoms with Crippen molar-refractivity contribution in [2.45, 2.75) is 13.3 Å². The fourth-order valence-electron chi connectivity index (χ4n) is 2.08. The van der Waals surface area contributed by atoms with Gasteiger partial charge in [0.2, 0.25) is 0 Å². The maximum absolute atomic E-state index is 3.36. The summed E-state index contributed by atoms with van der Waals surface area (Å²) in [5.74, 6) is 0. The van der Waals surface area contributed by atoms with E-state index in [4.69, 9.17) is 0 Å². The molecule has 0 unspecified atom stereocenters. The molecule has 0 spiro atoms. The van der Waals surface area contributed by atoms with Crippen LogP contribution in [0.25, 0.3) is 11.1 Å².